The maximum Gasteiger partial charge on any atom is 0.509 e. The summed E-state index contributed by atoms with van der Waals surface area (Å²) in [6.45, 7) is 6.72. The summed E-state index contributed by atoms with van der Waals surface area (Å²) in [7, 11) is 0. The van der Waals surface area contributed by atoms with Crippen LogP contribution in [0, 0.1) is 40.4 Å². The second-order valence-electron chi connectivity index (χ2n) is 10.5. The van der Waals surface area contributed by atoms with E-state index in [1.165, 1.54) is 32.1 Å². The van der Waals surface area contributed by atoms with Gasteiger partial charge >= 0.3 is 6.16 Å². The summed E-state index contributed by atoms with van der Waals surface area (Å²) in [6.07, 6.45) is 9.62. The van der Waals surface area contributed by atoms with Gasteiger partial charge in [0.15, 0.2) is 6.07 Å². The molecule has 28 heavy (non-hydrogen) atoms. The number of fused-ring (bicyclic) bond motifs is 5. The van der Waals surface area contributed by atoms with Gasteiger partial charge in [-0.05, 0) is 99.2 Å². The molecule has 8 atom stereocenters. The van der Waals surface area contributed by atoms with Crippen molar-refractivity contribution in [2.45, 2.75) is 84.7 Å². The fourth-order valence-corrected chi connectivity index (χ4v) is 8.30. The molecule has 0 amide bonds. The number of halogens is 1. The molecule has 0 heterocycles. The standard InChI is InChI=1S/C23H35ClO4/c1-14(25)18-6-7-19-17-5-4-15-12-16(28-21(26)27-13-24)8-10-22(15,2)20(17)9-11-23(18,19)3/h15-20H,4-13H2,1-3H3/t15-,16+,17-,18+,19-,20-,22-,23+/m0/s1. The lowest BCUT2D eigenvalue weighted by Crippen LogP contribution is -2.54. The molecule has 4 aliphatic rings. The lowest BCUT2D eigenvalue weighted by molar-refractivity contribution is -0.139. The van der Waals surface area contributed by atoms with Crippen molar-refractivity contribution < 1.29 is 19.1 Å². The molecule has 0 aromatic carbocycles. The predicted octanol–water partition coefficient (Wildman–Crippen LogP) is 5.95. The van der Waals surface area contributed by atoms with Crippen LogP contribution in [-0.2, 0) is 14.3 Å². The first-order chi connectivity index (χ1) is 13.3. The Morgan fingerprint density at radius 3 is 2.39 bits per heavy atom. The van der Waals surface area contributed by atoms with Gasteiger partial charge in [0.1, 0.15) is 11.9 Å². The molecule has 4 aliphatic carbocycles. The Hall–Kier alpha value is -0.770. The van der Waals surface area contributed by atoms with Crippen molar-refractivity contribution >= 4 is 23.5 Å². The van der Waals surface area contributed by atoms with E-state index in [4.69, 9.17) is 21.1 Å². The number of carbonyl (C=O) groups excluding carboxylic acids is 2. The highest BCUT2D eigenvalue weighted by Crippen LogP contribution is 2.67. The maximum absolute atomic E-state index is 12.3. The van der Waals surface area contributed by atoms with Crippen molar-refractivity contribution in [2.75, 3.05) is 6.07 Å². The third kappa shape index (κ3) is 3.18. The van der Waals surface area contributed by atoms with Gasteiger partial charge in [0.2, 0.25) is 0 Å². The summed E-state index contributed by atoms with van der Waals surface area (Å²) in [5.41, 5.74) is 0.566. The molecule has 4 fully saturated rings. The van der Waals surface area contributed by atoms with Gasteiger partial charge in [-0.25, -0.2) is 4.79 Å². The topological polar surface area (TPSA) is 52.6 Å². The van der Waals surface area contributed by atoms with E-state index in [0.29, 0.717) is 23.0 Å². The fraction of sp³-hybridized carbons (Fsp3) is 0.913. The molecule has 0 aromatic rings. The smallest absolute Gasteiger partial charge is 0.431 e. The van der Waals surface area contributed by atoms with Gasteiger partial charge in [0.25, 0.3) is 0 Å². The van der Waals surface area contributed by atoms with Crippen LogP contribution >= 0.6 is 11.6 Å². The average molecular weight is 411 g/mol. The first-order valence-electron chi connectivity index (χ1n) is 11.2. The van der Waals surface area contributed by atoms with Crippen molar-refractivity contribution in [2.24, 2.45) is 40.4 Å². The molecule has 4 rings (SSSR count). The molecule has 5 heteroatoms. The number of hydrogen-bond acceptors (Lipinski definition) is 4. The molecule has 0 N–H and O–H groups in total. The molecule has 0 radical (unpaired) electrons. The van der Waals surface area contributed by atoms with Gasteiger partial charge in [0.05, 0.1) is 0 Å². The minimum absolute atomic E-state index is 0.0345. The Morgan fingerprint density at radius 2 is 1.68 bits per heavy atom. The van der Waals surface area contributed by atoms with Crippen molar-refractivity contribution in [1.82, 2.24) is 0 Å². The van der Waals surface area contributed by atoms with Gasteiger partial charge in [0, 0.05) is 5.92 Å². The molecule has 0 aromatic heterocycles. The first-order valence-corrected chi connectivity index (χ1v) is 11.7. The number of carbonyl (C=O) groups is 2. The molecular formula is C23H35ClO4. The van der Waals surface area contributed by atoms with Crippen molar-refractivity contribution in [3.05, 3.63) is 0 Å². The second-order valence-corrected chi connectivity index (χ2v) is 10.7. The van der Waals surface area contributed by atoms with Crippen LogP contribution in [0.1, 0.15) is 78.6 Å². The summed E-state index contributed by atoms with van der Waals surface area (Å²) in [6, 6.07) is -0.155. The Morgan fingerprint density at radius 1 is 0.964 bits per heavy atom. The van der Waals surface area contributed by atoms with E-state index in [1.807, 2.05) is 0 Å². The van der Waals surface area contributed by atoms with E-state index in [9.17, 15) is 9.59 Å². The van der Waals surface area contributed by atoms with Crippen LogP contribution in [0.2, 0.25) is 0 Å². The van der Waals surface area contributed by atoms with Crippen molar-refractivity contribution in [3.8, 4) is 0 Å². The highest BCUT2D eigenvalue weighted by molar-refractivity contribution is 6.17. The minimum Gasteiger partial charge on any atom is -0.431 e. The third-order valence-electron chi connectivity index (χ3n) is 9.54. The Kier molecular flexibility index (Phi) is 5.48. The average Bonchev–Trinajstić information content (AvgIpc) is 2.99. The summed E-state index contributed by atoms with van der Waals surface area (Å²) in [5, 5.41) is 0. The van der Waals surface area contributed by atoms with Crippen LogP contribution in [0.5, 0.6) is 0 Å². The number of hydrogen-bond donors (Lipinski definition) is 0. The van der Waals surface area contributed by atoms with Crippen molar-refractivity contribution in [1.29, 1.82) is 0 Å². The Labute approximate surface area is 174 Å². The zero-order valence-corrected chi connectivity index (χ0v) is 18.3. The molecule has 0 spiro atoms. The van der Waals surface area contributed by atoms with Crippen molar-refractivity contribution in [3.63, 3.8) is 0 Å². The normalized spacial score (nSPS) is 47.4. The predicted molar refractivity (Wildman–Crippen MR) is 108 cm³/mol. The number of ketones is 1. The maximum atomic E-state index is 12.3. The van der Waals surface area contributed by atoms with Crippen LogP contribution in [-0.4, -0.2) is 24.1 Å². The summed E-state index contributed by atoms with van der Waals surface area (Å²) >= 11 is 5.46. The molecule has 4 nitrogen and oxygen atoms in total. The molecule has 0 unspecified atom stereocenters. The van der Waals surface area contributed by atoms with Crippen LogP contribution in [0.15, 0.2) is 0 Å². The summed E-state index contributed by atoms with van der Waals surface area (Å²) in [4.78, 5) is 23.9. The molecule has 0 bridgehead atoms. The van der Waals surface area contributed by atoms with Gasteiger partial charge in [-0.3, -0.25) is 4.79 Å². The molecule has 4 saturated carbocycles. The van der Waals surface area contributed by atoms with Crippen LogP contribution in [0.4, 0.5) is 4.79 Å². The molecule has 0 saturated heterocycles. The van der Waals surface area contributed by atoms with Gasteiger partial charge in [-0.2, -0.15) is 0 Å². The lowest BCUT2D eigenvalue weighted by Gasteiger charge is -2.61. The van der Waals surface area contributed by atoms with Gasteiger partial charge in [-0.15, -0.1) is 0 Å². The monoisotopic (exact) mass is 410 g/mol. The molecular weight excluding hydrogens is 376 g/mol. The van der Waals surface area contributed by atoms with Crippen LogP contribution < -0.4 is 0 Å². The second kappa shape index (κ2) is 7.49. The number of rotatable bonds is 3. The van der Waals surface area contributed by atoms with Crippen LogP contribution in [0.25, 0.3) is 0 Å². The van der Waals surface area contributed by atoms with E-state index < -0.39 is 6.16 Å². The largest absolute Gasteiger partial charge is 0.509 e. The number of ether oxygens (including phenoxy) is 2. The number of alkyl halides is 1. The Balaban J connectivity index is 1.47. The van der Waals surface area contributed by atoms with E-state index in [2.05, 4.69) is 13.8 Å². The molecule has 158 valence electrons. The first kappa shape index (κ1) is 20.5. The minimum atomic E-state index is -0.632. The SMILES string of the molecule is CC(=O)[C@H]1CC[C@H]2[C@@H]3CC[C@H]4C[C@H](OC(=O)OCCl)CC[C@]4(C)[C@H]3CC[C@]12C. The third-order valence-corrected chi connectivity index (χ3v) is 9.65. The summed E-state index contributed by atoms with van der Waals surface area (Å²) in [5.74, 6) is 3.54. The number of Topliss-reactive ketones (excluding diaryl/α,β-unsaturated/α-hetero) is 1. The van der Waals surface area contributed by atoms with Gasteiger partial charge in [-0.1, -0.05) is 25.4 Å². The van der Waals surface area contributed by atoms with E-state index in [-0.39, 0.29) is 23.5 Å². The quantitative estimate of drug-likeness (QED) is 0.426. The Bertz CT molecular complexity index is 636. The zero-order valence-electron chi connectivity index (χ0n) is 17.5. The highest BCUT2D eigenvalue weighted by Gasteiger charge is 2.60. The highest BCUT2D eigenvalue weighted by atomic mass is 35.5. The van der Waals surface area contributed by atoms with Gasteiger partial charge < -0.3 is 9.47 Å². The van der Waals surface area contributed by atoms with E-state index in [0.717, 1.165) is 37.5 Å². The van der Waals surface area contributed by atoms with E-state index >= 15 is 0 Å². The fourth-order valence-electron chi connectivity index (χ4n) is 8.21. The lowest BCUT2D eigenvalue weighted by atomic mass is 9.44. The zero-order chi connectivity index (χ0) is 20.1. The van der Waals surface area contributed by atoms with E-state index in [1.54, 1.807) is 6.92 Å². The van der Waals surface area contributed by atoms with Crippen LogP contribution in [0.3, 0.4) is 0 Å². The summed E-state index contributed by atoms with van der Waals surface area (Å²) < 4.78 is 10.3. The molecule has 0 aliphatic heterocycles.